The van der Waals surface area contributed by atoms with Crippen molar-refractivity contribution in [1.29, 1.82) is 0 Å². The Morgan fingerprint density at radius 3 is 1.71 bits per heavy atom. The van der Waals surface area contributed by atoms with Gasteiger partial charge in [-0.15, -0.1) is 24.8 Å². The molecular weight excluding hydrogens is 460 g/mol. The summed E-state index contributed by atoms with van der Waals surface area (Å²) in [7, 11) is 0. The second kappa shape index (κ2) is 10.6. The second-order valence-electron chi connectivity index (χ2n) is 6.57. The zero-order valence-corrected chi connectivity index (χ0v) is 18.5. The minimum atomic E-state index is -2.25. The standard InChI is InChI=1S/C18H16F5NO.2ClH.Ti/c1-8(9-6-5-7-10(17(9)25)18(2,3)4)24-16-14(22)12(20)11(19)13(21)15(16)23;;;/h5-7,25H,1-4H3;2*1H;. The Labute approximate surface area is 187 Å². The third-order valence-electron chi connectivity index (χ3n) is 3.70. The number of phenols is 1. The van der Waals surface area contributed by atoms with Gasteiger partial charge in [0.2, 0.25) is 5.82 Å². The van der Waals surface area contributed by atoms with Gasteiger partial charge in [-0.3, -0.25) is 0 Å². The first kappa shape index (κ1) is 29.1. The van der Waals surface area contributed by atoms with Crippen LogP contribution in [-0.4, -0.2) is 10.8 Å². The molecule has 0 aromatic heterocycles. The fourth-order valence-electron chi connectivity index (χ4n) is 2.36. The number of hydrogen-bond donors (Lipinski definition) is 1. The Bertz CT molecular complexity index is 856. The van der Waals surface area contributed by atoms with Gasteiger partial charge in [0.1, 0.15) is 11.4 Å². The van der Waals surface area contributed by atoms with Crippen LogP contribution in [0.15, 0.2) is 23.2 Å². The molecule has 0 amide bonds. The summed E-state index contributed by atoms with van der Waals surface area (Å²) in [6.45, 7) is 6.85. The van der Waals surface area contributed by atoms with Crippen molar-refractivity contribution in [3.63, 3.8) is 0 Å². The molecule has 2 rings (SSSR count). The predicted octanol–water partition coefficient (Wildman–Crippen LogP) is 6.37. The Morgan fingerprint density at radius 1 is 0.857 bits per heavy atom. The zero-order valence-electron chi connectivity index (χ0n) is 15.3. The van der Waals surface area contributed by atoms with E-state index in [1.165, 1.54) is 13.0 Å². The number of para-hydroxylation sites is 1. The van der Waals surface area contributed by atoms with Crippen LogP contribution >= 0.6 is 24.8 Å². The maximum Gasteiger partial charge on any atom is 0.200 e. The first-order valence-electron chi connectivity index (χ1n) is 7.36. The molecule has 0 aliphatic rings. The van der Waals surface area contributed by atoms with Gasteiger partial charge in [-0.1, -0.05) is 32.9 Å². The van der Waals surface area contributed by atoms with Gasteiger partial charge in [0.25, 0.3) is 0 Å². The molecule has 0 atom stereocenters. The van der Waals surface area contributed by atoms with Crippen molar-refractivity contribution in [3.8, 4) is 5.75 Å². The number of phenolic OH excluding ortho intramolecular Hbond substituents is 1. The van der Waals surface area contributed by atoms with Crippen LogP contribution < -0.4 is 0 Å². The number of aromatic hydroxyl groups is 1. The molecule has 28 heavy (non-hydrogen) atoms. The van der Waals surface area contributed by atoms with E-state index in [9.17, 15) is 27.1 Å². The zero-order chi connectivity index (χ0) is 19.1. The van der Waals surface area contributed by atoms with Gasteiger partial charge >= 0.3 is 0 Å². The number of nitrogens with zero attached hydrogens (tertiary/aromatic N) is 1. The molecule has 0 heterocycles. The largest absolute Gasteiger partial charge is 0.507 e. The minimum absolute atomic E-state index is 0. The van der Waals surface area contributed by atoms with Crippen LogP contribution in [0.5, 0.6) is 5.75 Å². The first-order chi connectivity index (χ1) is 11.5. The number of rotatable bonds is 2. The van der Waals surface area contributed by atoms with Crippen LogP contribution in [0.2, 0.25) is 0 Å². The molecule has 0 aliphatic heterocycles. The Morgan fingerprint density at radius 2 is 1.29 bits per heavy atom. The van der Waals surface area contributed by atoms with Crippen molar-refractivity contribution < 1.29 is 48.8 Å². The Balaban J connectivity index is 0. The van der Waals surface area contributed by atoms with Crippen molar-refractivity contribution in [2.24, 2.45) is 4.99 Å². The average molecular weight is 478 g/mol. The van der Waals surface area contributed by atoms with Crippen LogP contribution in [-0.2, 0) is 27.1 Å². The normalized spacial score (nSPS) is 11.2. The van der Waals surface area contributed by atoms with Crippen LogP contribution in [0, 0.1) is 29.1 Å². The minimum Gasteiger partial charge on any atom is -0.507 e. The summed E-state index contributed by atoms with van der Waals surface area (Å²) in [5, 5.41) is 10.4. The molecule has 0 bridgehead atoms. The average Bonchev–Trinajstić information content (AvgIpc) is 2.54. The summed E-state index contributed by atoms with van der Waals surface area (Å²) >= 11 is 0. The topological polar surface area (TPSA) is 32.6 Å². The second-order valence-corrected chi connectivity index (χ2v) is 6.57. The number of halogens is 7. The van der Waals surface area contributed by atoms with E-state index in [0.29, 0.717) is 5.56 Å². The molecule has 0 saturated heterocycles. The van der Waals surface area contributed by atoms with E-state index >= 15 is 0 Å². The van der Waals surface area contributed by atoms with E-state index in [0.717, 1.165) is 0 Å². The Hall–Kier alpha value is -1.15. The molecule has 0 radical (unpaired) electrons. The monoisotopic (exact) mass is 477 g/mol. The Kier molecular flexibility index (Phi) is 11.0. The molecule has 2 aromatic rings. The van der Waals surface area contributed by atoms with E-state index in [2.05, 4.69) is 4.99 Å². The smallest absolute Gasteiger partial charge is 0.200 e. The predicted molar refractivity (Wildman–Crippen MR) is 99.4 cm³/mol. The van der Waals surface area contributed by atoms with Crippen molar-refractivity contribution in [2.75, 3.05) is 0 Å². The SMILES string of the molecule is CC(=Nc1c(F)c(F)c(F)c(F)c1F)c1cccc(C(C)(C)C)c1O.Cl.Cl.[Ti]. The molecule has 0 unspecified atom stereocenters. The van der Waals surface area contributed by atoms with E-state index in [1.807, 2.05) is 20.8 Å². The van der Waals surface area contributed by atoms with Gasteiger partial charge in [-0.05, 0) is 24.0 Å². The molecule has 1 N–H and O–H groups in total. The third-order valence-corrected chi connectivity index (χ3v) is 3.70. The van der Waals surface area contributed by atoms with Crippen LogP contribution in [0.1, 0.15) is 38.8 Å². The van der Waals surface area contributed by atoms with Crippen LogP contribution in [0.4, 0.5) is 27.6 Å². The third kappa shape index (κ3) is 5.47. The molecule has 0 spiro atoms. The molecule has 10 heteroatoms. The first-order valence-corrected chi connectivity index (χ1v) is 7.36. The van der Waals surface area contributed by atoms with Crippen molar-refractivity contribution in [3.05, 3.63) is 58.4 Å². The molecule has 154 valence electrons. The fourth-order valence-corrected chi connectivity index (χ4v) is 2.36. The van der Waals surface area contributed by atoms with E-state index in [4.69, 9.17) is 0 Å². The van der Waals surface area contributed by atoms with Gasteiger partial charge < -0.3 is 5.11 Å². The molecule has 2 aromatic carbocycles. The maximum absolute atomic E-state index is 13.8. The summed E-state index contributed by atoms with van der Waals surface area (Å²) in [4.78, 5) is 3.54. The molecule has 0 fully saturated rings. The molecule has 2 nitrogen and oxygen atoms in total. The van der Waals surface area contributed by atoms with Crippen LogP contribution in [0.3, 0.4) is 0 Å². The van der Waals surface area contributed by atoms with Crippen molar-refractivity contribution >= 4 is 36.2 Å². The van der Waals surface area contributed by atoms with Gasteiger partial charge in [-0.2, -0.15) is 0 Å². The van der Waals surface area contributed by atoms with Gasteiger partial charge in [-0.25, -0.2) is 26.9 Å². The molecular formula is C18H18Cl2F5NOTi. The van der Waals surface area contributed by atoms with Gasteiger partial charge in [0.05, 0.1) is 0 Å². The summed E-state index contributed by atoms with van der Waals surface area (Å²) < 4.78 is 67.2. The quantitative estimate of drug-likeness (QED) is 0.176. The van der Waals surface area contributed by atoms with Gasteiger partial charge in [0, 0.05) is 33.0 Å². The molecule has 0 aliphatic carbocycles. The van der Waals surface area contributed by atoms with E-state index < -0.39 is 40.2 Å². The maximum atomic E-state index is 13.8. The number of hydrogen-bond acceptors (Lipinski definition) is 2. The van der Waals surface area contributed by atoms with Gasteiger partial charge in [0.15, 0.2) is 23.3 Å². The summed E-state index contributed by atoms with van der Waals surface area (Å²) in [6.07, 6.45) is 0. The van der Waals surface area contributed by atoms with E-state index in [1.54, 1.807) is 12.1 Å². The van der Waals surface area contributed by atoms with Crippen molar-refractivity contribution in [1.82, 2.24) is 0 Å². The summed E-state index contributed by atoms with van der Waals surface area (Å²) in [6, 6.07) is 4.72. The summed E-state index contributed by atoms with van der Waals surface area (Å²) in [5.41, 5.74) is -1.13. The van der Waals surface area contributed by atoms with E-state index in [-0.39, 0.29) is 63.6 Å². The number of aliphatic imine (C=N–C) groups is 1. The van der Waals surface area contributed by atoms with Crippen molar-refractivity contribution in [2.45, 2.75) is 33.1 Å². The number of benzene rings is 2. The fraction of sp³-hybridized carbons (Fsp3) is 0.278. The van der Waals surface area contributed by atoms with Crippen LogP contribution in [0.25, 0.3) is 0 Å². The molecule has 0 saturated carbocycles. The summed E-state index contributed by atoms with van der Waals surface area (Å²) in [5.74, 6) is -10.6.